The first-order chi connectivity index (χ1) is 10.0. The number of anilines is 1. The van der Waals surface area contributed by atoms with Crippen molar-refractivity contribution < 1.29 is 14.3 Å². The van der Waals surface area contributed by atoms with Crippen LogP contribution in [0.15, 0.2) is 18.2 Å². The number of nitrogen functional groups attached to an aromatic ring is 1. The Bertz CT molecular complexity index is 545. The van der Waals surface area contributed by atoms with E-state index in [0.717, 1.165) is 13.0 Å². The number of hydrogen-bond donors (Lipinski definition) is 2. The molecule has 1 saturated heterocycles. The Hall–Kier alpha value is -2.24. The van der Waals surface area contributed by atoms with Gasteiger partial charge >= 0.3 is 0 Å². The van der Waals surface area contributed by atoms with Gasteiger partial charge in [0, 0.05) is 25.6 Å². The predicted molar refractivity (Wildman–Crippen MR) is 80.1 cm³/mol. The summed E-state index contributed by atoms with van der Waals surface area (Å²) < 4.78 is 5.18. The first-order valence-corrected chi connectivity index (χ1v) is 7.04. The van der Waals surface area contributed by atoms with Crippen molar-refractivity contribution in [2.24, 2.45) is 0 Å². The van der Waals surface area contributed by atoms with Crippen molar-refractivity contribution in [1.29, 1.82) is 0 Å². The van der Waals surface area contributed by atoms with E-state index in [9.17, 15) is 9.59 Å². The average Bonchev–Trinajstić information content (AvgIpc) is 2.83. The van der Waals surface area contributed by atoms with Crippen molar-refractivity contribution in [3.63, 3.8) is 0 Å². The van der Waals surface area contributed by atoms with Crippen LogP contribution in [0.3, 0.4) is 0 Å². The second-order valence-corrected chi connectivity index (χ2v) is 5.25. The van der Waals surface area contributed by atoms with Crippen LogP contribution >= 0.6 is 0 Å². The van der Waals surface area contributed by atoms with Crippen molar-refractivity contribution in [3.8, 4) is 5.75 Å². The summed E-state index contributed by atoms with van der Waals surface area (Å²) in [7, 11) is 1.48. The normalized spacial score (nSPS) is 15.9. The smallest absolute Gasteiger partial charge is 0.255 e. The highest BCUT2D eigenvalue weighted by atomic mass is 16.5. The third-order valence-corrected chi connectivity index (χ3v) is 3.54. The number of nitrogens with two attached hydrogens (primary N) is 1. The van der Waals surface area contributed by atoms with Crippen LogP contribution in [0.5, 0.6) is 5.75 Å². The molecule has 1 aliphatic heterocycles. The molecule has 2 rings (SSSR count). The number of rotatable bonds is 5. The van der Waals surface area contributed by atoms with Gasteiger partial charge in [-0.15, -0.1) is 0 Å². The molecule has 1 aromatic carbocycles. The number of amides is 2. The van der Waals surface area contributed by atoms with Crippen LogP contribution in [0.1, 0.15) is 30.1 Å². The molecule has 1 heterocycles. The Morgan fingerprint density at radius 1 is 1.52 bits per heavy atom. The quantitative estimate of drug-likeness (QED) is 0.793. The van der Waals surface area contributed by atoms with E-state index in [-0.39, 0.29) is 17.9 Å². The van der Waals surface area contributed by atoms with E-state index in [1.165, 1.54) is 7.11 Å². The minimum absolute atomic E-state index is 0.134. The van der Waals surface area contributed by atoms with Crippen LogP contribution in [0.2, 0.25) is 0 Å². The number of ether oxygens (including phenoxy) is 1. The lowest BCUT2D eigenvalue weighted by molar-refractivity contribution is -0.127. The average molecular weight is 291 g/mol. The second kappa shape index (κ2) is 6.47. The van der Waals surface area contributed by atoms with Crippen molar-refractivity contribution in [2.75, 3.05) is 25.9 Å². The molecular formula is C15H21N3O3. The van der Waals surface area contributed by atoms with E-state index >= 15 is 0 Å². The lowest BCUT2D eigenvalue weighted by atomic mass is 10.1. The summed E-state index contributed by atoms with van der Waals surface area (Å²) >= 11 is 0. The molecule has 0 radical (unpaired) electrons. The highest BCUT2D eigenvalue weighted by molar-refractivity contribution is 5.98. The third kappa shape index (κ3) is 3.45. The van der Waals surface area contributed by atoms with Gasteiger partial charge in [-0.05, 0) is 25.5 Å². The minimum Gasteiger partial charge on any atom is -0.494 e. The lowest BCUT2D eigenvalue weighted by Gasteiger charge is -2.22. The zero-order valence-corrected chi connectivity index (χ0v) is 12.4. The van der Waals surface area contributed by atoms with Gasteiger partial charge < -0.3 is 20.7 Å². The predicted octanol–water partition coefficient (Wildman–Crippen LogP) is 1.02. The maximum absolute atomic E-state index is 12.3. The van der Waals surface area contributed by atoms with Crippen LogP contribution < -0.4 is 15.8 Å². The number of methoxy groups -OCH3 is 1. The third-order valence-electron chi connectivity index (χ3n) is 3.54. The zero-order valence-electron chi connectivity index (χ0n) is 12.4. The maximum atomic E-state index is 12.3. The molecule has 3 N–H and O–H groups in total. The molecule has 1 atom stereocenters. The fourth-order valence-electron chi connectivity index (χ4n) is 2.54. The number of nitrogens with zero attached hydrogens (tertiary/aromatic N) is 1. The zero-order chi connectivity index (χ0) is 15.4. The van der Waals surface area contributed by atoms with Gasteiger partial charge in [0.15, 0.2) is 5.75 Å². The highest BCUT2D eigenvalue weighted by Crippen LogP contribution is 2.25. The van der Waals surface area contributed by atoms with E-state index in [0.29, 0.717) is 30.0 Å². The first-order valence-electron chi connectivity index (χ1n) is 7.04. The topological polar surface area (TPSA) is 84.7 Å². The molecule has 1 fully saturated rings. The van der Waals surface area contributed by atoms with Crippen molar-refractivity contribution in [1.82, 2.24) is 10.2 Å². The summed E-state index contributed by atoms with van der Waals surface area (Å²) in [5.74, 6) is 0.273. The largest absolute Gasteiger partial charge is 0.494 e. The number of likely N-dealkylation sites (tertiary alicyclic amines) is 1. The number of hydrogen-bond acceptors (Lipinski definition) is 4. The van der Waals surface area contributed by atoms with E-state index < -0.39 is 0 Å². The molecular weight excluding hydrogens is 270 g/mol. The van der Waals surface area contributed by atoms with Crippen LogP contribution in [0, 0.1) is 0 Å². The highest BCUT2D eigenvalue weighted by Gasteiger charge is 2.23. The van der Waals surface area contributed by atoms with Gasteiger partial charge in [-0.25, -0.2) is 0 Å². The molecule has 0 spiro atoms. The van der Waals surface area contributed by atoms with Crippen molar-refractivity contribution >= 4 is 17.5 Å². The molecule has 1 aromatic rings. The number of nitrogens with one attached hydrogen (secondary N) is 1. The van der Waals surface area contributed by atoms with Gasteiger partial charge in [0.1, 0.15) is 0 Å². The minimum atomic E-state index is -0.252. The molecule has 114 valence electrons. The fourth-order valence-corrected chi connectivity index (χ4v) is 2.54. The van der Waals surface area contributed by atoms with Crippen LogP contribution in [0.25, 0.3) is 0 Å². The Morgan fingerprint density at radius 3 is 2.90 bits per heavy atom. The van der Waals surface area contributed by atoms with Crippen LogP contribution in [-0.2, 0) is 4.79 Å². The van der Waals surface area contributed by atoms with Gasteiger partial charge in [0.05, 0.1) is 18.4 Å². The maximum Gasteiger partial charge on any atom is 0.255 e. The Labute approximate surface area is 124 Å². The molecule has 0 saturated carbocycles. The number of para-hydroxylation sites is 1. The van der Waals surface area contributed by atoms with Crippen LogP contribution in [-0.4, -0.2) is 43.0 Å². The van der Waals surface area contributed by atoms with Gasteiger partial charge in [-0.2, -0.15) is 0 Å². The second-order valence-electron chi connectivity index (χ2n) is 5.25. The molecule has 2 amide bonds. The molecule has 6 heteroatoms. The van der Waals surface area contributed by atoms with E-state index in [2.05, 4.69) is 5.32 Å². The molecule has 1 unspecified atom stereocenters. The molecule has 0 bridgehead atoms. The van der Waals surface area contributed by atoms with E-state index in [1.54, 1.807) is 23.1 Å². The lowest BCUT2D eigenvalue weighted by Crippen LogP contribution is -2.42. The summed E-state index contributed by atoms with van der Waals surface area (Å²) in [6, 6.07) is 4.92. The Balaban J connectivity index is 2.01. The summed E-state index contributed by atoms with van der Waals surface area (Å²) in [6.45, 7) is 3.16. The van der Waals surface area contributed by atoms with E-state index in [1.807, 2.05) is 6.92 Å². The molecule has 0 aromatic heterocycles. The monoisotopic (exact) mass is 291 g/mol. The van der Waals surface area contributed by atoms with Gasteiger partial charge in [0.25, 0.3) is 5.91 Å². The first kappa shape index (κ1) is 15.2. The SMILES string of the molecule is COc1c(N)cccc1C(=O)NC(C)CN1CCCC1=O. The summed E-state index contributed by atoms with van der Waals surface area (Å²) in [5, 5.41) is 2.88. The Kier molecular flexibility index (Phi) is 4.67. The van der Waals surface area contributed by atoms with Crippen LogP contribution in [0.4, 0.5) is 5.69 Å². The molecule has 0 aliphatic carbocycles. The summed E-state index contributed by atoms with van der Waals surface area (Å²) in [6.07, 6.45) is 1.49. The van der Waals surface area contributed by atoms with Crippen molar-refractivity contribution in [2.45, 2.75) is 25.8 Å². The fraction of sp³-hybridized carbons (Fsp3) is 0.467. The van der Waals surface area contributed by atoms with Gasteiger partial charge in [-0.3, -0.25) is 9.59 Å². The standard InChI is InChI=1S/C15H21N3O3/c1-10(9-18-8-4-7-13(18)19)17-15(20)11-5-3-6-12(16)14(11)21-2/h3,5-6,10H,4,7-9,16H2,1-2H3,(H,17,20). The summed E-state index contributed by atoms with van der Waals surface area (Å²) in [5.41, 5.74) is 6.62. The van der Waals surface area contributed by atoms with Crippen molar-refractivity contribution in [3.05, 3.63) is 23.8 Å². The number of carbonyl (C=O) groups excluding carboxylic acids is 2. The number of carbonyl (C=O) groups is 2. The molecule has 1 aliphatic rings. The molecule has 6 nitrogen and oxygen atoms in total. The molecule has 21 heavy (non-hydrogen) atoms. The number of benzene rings is 1. The van der Waals surface area contributed by atoms with Gasteiger partial charge in [-0.1, -0.05) is 6.07 Å². The van der Waals surface area contributed by atoms with E-state index in [4.69, 9.17) is 10.5 Å². The summed E-state index contributed by atoms with van der Waals surface area (Å²) in [4.78, 5) is 25.7. The van der Waals surface area contributed by atoms with Gasteiger partial charge in [0.2, 0.25) is 5.91 Å². The Morgan fingerprint density at radius 2 is 2.29 bits per heavy atom.